The van der Waals surface area contributed by atoms with E-state index in [0.717, 1.165) is 19.3 Å². The highest BCUT2D eigenvalue weighted by Gasteiger charge is 2.46. The number of imidazole rings is 1. The second kappa shape index (κ2) is 14.3. The second-order valence-corrected chi connectivity index (χ2v) is 10.8. The van der Waals surface area contributed by atoms with E-state index < -0.39 is 44.3 Å². The number of ether oxygens (including phenoxy) is 2. The Balaban J connectivity index is 1.40. The number of nitrogens with two attached hydrogens (primary N) is 1. The summed E-state index contributed by atoms with van der Waals surface area (Å²) in [5.74, 6) is -0.726. The van der Waals surface area contributed by atoms with Crippen molar-refractivity contribution in [3.63, 3.8) is 0 Å². The molecule has 0 bridgehead atoms. The number of hydrogen-bond donors (Lipinski definition) is 2. The quantitative estimate of drug-likeness (QED) is 0.132. The van der Waals surface area contributed by atoms with Crippen molar-refractivity contribution in [2.75, 3.05) is 18.9 Å². The molecular formula is C24H39FN5O7P. The number of carbonyl (C=O) groups is 1. The Morgan fingerprint density at radius 2 is 1.97 bits per heavy atom. The Morgan fingerprint density at radius 1 is 1.29 bits per heavy atom. The van der Waals surface area contributed by atoms with E-state index in [9.17, 15) is 18.9 Å². The van der Waals surface area contributed by atoms with Crippen LogP contribution in [0.5, 0.6) is 0 Å². The number of aliphatic hydroxyl groups is 1. The molecule has 5 atom stereocenters. The number of anilines is 1. The Hall–Kier alpha value is -2.18. The first-order valence-corrected chi connectivity index (χ1v) is 14.4. The van der Waals surface area contributed by atoms with E-state index in [2.05, 4.69) is 21.9 Å². The van der Waals surface area contributed by atoms with Crippen LogP contribution in [0.3, 0.4) is 0 Å². The molecule has 2 aromatic heterocycles. The molecule has 0 aromatic carbocycles. The highest BCUT2D eigenvalue weighted by Crippen LogP contribution is 2.40. The van der Waals surface area contributed by atoms with Crippen molar-refractivity contribution in [2.24, 2.45) is 0 Å². The summed E-state index contributed by atoms with van der Waals surface area (Å²) in [4.78, 5) is 23.4. The molecule has 0 spiro atoms. The maximum absolute atomic E-state index is 13.7. The van der Waals surface area contributed by atoms with Gasteiger partial charge in [0.2, 0.25) is 0 Å². The zero-order valence-electron chi connectivity index (χ0n) is 22.2. The lowest BCUT2D eigenvalue weighted by atomic mass is 10.0. The molecule has 0 saturated carbocycles. The van der Waals surface area contributed by atoms with Gasteiger partial charge in [-0.15, -0.1) is 0 Å². The number of hydrogen-bond acceptors (Lipinski definition) is 11. The van der Waals surface area contributed by atoms with Crippen molar-refractivity contribution in [3.8, 4) is 0 Å². The summed E-state index contributed by atoms with van der Waals surface area (Å²) >= 11 is 0. The number of nitrogen functional groups attached to an aromatic ring is 1. The molecule has 1 unspecified atom stereocenters. The summed E-state index contributed by atoms with van der Waals surface area (Å²) in [7, 11) is -3.09. The van der Waals surface area contributed by atoms with E-state index in [1.807, 2.05) is 0 Å². The summed E-state index contributed by atoms with van der Waals surface area (Å²) < 4.78 is 49.1. The average Bonchev–Trinajstić information content (AvgIpc) is 3.42. The third kappa shape index (κ3) is 8.16. The number of fused-ring (bicyclic) bond motifs is 1. The van der Waals surface area contributed by atoms with Crippen molar-refractivity contribution >= 4 is 31.2 Å². The molecule has 1 aliphatic rings. The summed E-state index contributed by atoms with van der Waals surface area (Å²) in [6.45, 7) is 5.22. The lowest BCUT2D eigenvalue weighted by Crippen LogP contribution is -2.40. The van der Waals surface area contributed by atoms with Crippen LogP contribution < -0.4 is 5.73 Å². The van der Waals surface area contributed by atoms with Gasteiger partial charge in [-0.1, -0.05) is 51.9 Å². The zero-order chi connectivity index (χ0) is 27.7. The zero-order valence-corrected chi connectivity index (χ0v) is 23.2. The Morgan fingerprint density at radius 3 is 2.68 bits per heavy atom. The molecule has 3 heterocycles. The van der Waals surface area contributed by atoms with Crippen molar-refractivity contribution in [2.45, 2.75) is 103 Å². The number of nitrogens with zero attached hydrogens (tertiary/aromatic N) is 4. The first kappa shape index (κ1) is 30.4. The Labute approximate surface area is 222 Å². The van der Waals surface area contributed by atoms with Gasteiger partial charge in [0.15, 0.2) is 23.1 Å². The molecule has 1 aliphatic heterocycles. The highest BCUT2D eigenvalue weighted by molar-refractivity contribution is 7.33. The SMILES string of the molecule is CCCCCCCCCCOC(=O)[C@H](C)O[PH](=O)OC[C@@]1(C)O[C@@H](n2cnc3c(N)nc(F)nc32)C[C@@H]1O. The second-order valence-electron chi connectivity index (χ2n) is 9.78. The van der Waals surface area contributed by atoms with Crippen molar-refractivity contribution in [1.82, 2.24) is 19.5 Å². The van der Waals surface area contributed by atoms with Gasteiger partial charge in [0.25, 0.3) is 0 Å². The van der Waals surface area contributed by atoms with Gasteiger partial charge in [-0.3, -0.25) is 13.7 Å². The number of aliphatic hydroxyl groups excluding tert-OH is 1. The minimum Gasteiger partial charge on any atom is -0.464 e. The summed E-state index contributed by atoms with van der Waals surface area (Å²) in [6.07, 6.45) is 6.67. The van der Waals surface area contributed by atoms with E-state index in [1.54, 1.807) is 6.92 Å². The average molecular weight is 560 g/mol. The predicted octanol–water partition coefficient (Wildman–Crippen LogP) is 4.08. The normalized spacial score (nSPS) is 23.1. The number of esters is 1. The molecule has 0 amide bonds. The largest absolute Gasteiger partial charge is 0.464 e. The number of halogens is 1. The molecule has 38 heavy (non-hydrogen) atoms. The summed E-state index contributed by atoms with van der Waals surface area (Å²) in [5, 5.41) is 10.6. The van der Waals surface area contributed by atoms with Crippen molar-refractivity contribution < 1.29 is 37.4 Å². The monoisotopic (exact) mass is 559 g/mol. The van der Waals surface area contributed by atoms with Crippen LogP contribution in [0.1, 0.15) is 84.8 Å². The third-order valence-electron chi connectivity index (χ3n) is 6.59. The van der Waals surface area contributed by atoms with Gasteiger partial charge in [-0.05, 0) is 20.3 Å². The van der Waals surface area contributed by atoms with Crippen LogP contribution in [-0.2, 0) is 27.9 Å². The van der Waals surface area contributed by atoms with Crippen LogP contribution in [0.4, 0.5) is 10.2 Å². The predicted molar refractivity (Wildman–Crippen MR) is 138 cm³/mol. The highest BCUT2D eigenvalue weighted by atomic mass is 31.1. The van der Waals surface area contributed by atoms with Gasteiger partial charge in [0.05, 0.1) is 25.6 Å². The molecule has 3 N–H and O–H groups in total. The van der Waals surface area contributed by atoms with Gasteiger partial charge >= 0.3 is 20.3 Å². The molecule has 214 valence electrons. The number of carbonyl (C=O) groups excluding carboxylic acids is 1. The number of aromatic nitrogens is 4. The number of rotatable bonds is 16. The molecule has 1 saturated heterocycles. The maximum Gasteiger partial charge on any atom is 0.335 e. The Bertz CT molecular complexity index is 1090. The van der Waals surface area contributed by atoms with E-state index >= 15 is 0 Å². The first-order valence-electron chi connectivity index (χ1n) is 13.2. The van der Waals surface area contributed by atoms with Crippen LogP contribution in [0.25, 0.3) is 11.2 Å². The molecule has 12 nitrogen and oxygen atoms in total. The fourth-order valence-electron chi connectivity index (χ4n) is 4.25. The molecule has 14 heteroatoms. The molecule has 1 fully saturated rings. The topological polar surface area (TPSA) is 161 Å². The molecule has 2 aromatic rings. The van der Waals surface area contributed by atoms with E-state index in [4.69, 9.17) is 24.3 Å². The van der Waals surface area contributed by atoms with Gasteiger partial charge in [-0.25, -0.2) is 9.78 Å². The van der Waals surface area contributed by atoms with Gasteiger partial charge in [0, 0.05) is 6.42 Å². The van der Waals surface area contributed by atoms with Crippen LogP contribution in [0.2, 0.25) is 0 Å². The minimum absolute atomic E-state index is 0.111. The molecular weight excluding hydrogens is 520 g/mol. The standard InChI is InChI=1S/C24H39FN5O7P/c1-4-5-6-7-8-9-10-11-12-34-22(32)16(2)37-38(33)35-14-24(3)17(31)13-18(36-24)30-15-27-19-20(26)28-23(25)29-21(19)30/h15-18,31,38H,4-14H2,1-3H3,(H2,26,28,29)/t16-,17-,18+,24+/m0/s1. The first-order chi connectivity index (χ1) is 18.1. The minimum atomic E-state index is -3.09. The summed E-state index contributed by atoms with van der Waals surface area (Å²) in [6, 6.07) is 0. The van der Waals surface area contributed by atoms with Crippen LogP contribution in [0, 0.1) is 6.08 Å². The smallest absolute Gasteiger partial charge is 0.335 e. The fraction of sp³-hybridized carbons (Fsp3) is 0.750. The fourth-order valence-corrected chi connectivity index (χ4v) is 5.11. The van der Waals surface area contributed by atoms with Crippen LogP contribution in [0.15, 0.2) is 6.33 Å². The van der Waals surface area contributed by atoms with E-state index in [-0.39, 0.29) is 36.6 Å². The Kier molecular flexibility index (Phi) is 11.4. The third-order valence-corrected chi connectivity index (χ3v) is 7.52. The molecule has 0 radical (unpaired) electrons. The van der Waals surface area contributed by atoms with Crippen LogP contribution >= 0.6 is 8.25 Å². The number of unbranched alkanes of at least 4 members (excludes halogenated alkanes) is 7. The van der Waals surface area contributed by atoms with E-state index in [0.29, 0.717) is 0 Å². The lowest BCUT2D eigenvalue weighted by Gasteiger charge is -2.27. The van der Waals surface area contributed by atoms with Crippen molar-refractivity contribution in [1.29, 1.82) is 0 Å². The molecule has 3 rings (SSSR count). The van der Waals surface area contributed by atoms with Crippen molar-refractivity contribution in [3.05, 3.63) is 12.4 Å². The summed E-state index contributed by atoms with van der Waals surface area (Å²) in [5.41, 5.74) is 4.76. The van der Waals surface area contributed by atoms with Crippen LogP contribution in [-0.4, -0.2) is 61.6 Å². The maximum atomic E-state index is 13.7. The van der Waals surface area contributed by atoms with E-state index in [1.165, 1.54) is 49.9 Å². The van der Waals surface area contributed by atoms with Gasteiger partial charge in [-0.2, -0.15) is 14.4 Å². The lowest BCUT2D eigenvalue weighted by molar-refractivity contribution is -0.151. The van der Waals surface area contributed by atoms with Gasteiger partial charge < -0.3 is 24.8 Å². The van der Waals surface area contributed by atoms with Gasteiger partial charge in [0.1, 0.15) is 11.8 Å². The molecule has 0 aliphatic carbocycles.